The van der Waals surface area contributed by atoms with Crippen LogP contribution in [-0.4, -0.2) is 72.2 Å². The van der Waals surface area contributed by atoms with Crippen molar-refractivity contribution < 1.29 is 9.90 Å². The molecule has 0 saturated carbocycles. The summed E-state index contributed by atoms with van der Waals surface area (Å²) in [5.41, 5.74) is 0. The molecule has 0 aliphatic carbocycles. The SMILES string of the molecule is CNC(CCN1CC2CCCN2CC1C)C(=O)O. The molecular formula is C13H25N3O2. The van der Waals surface area contributed by atoms with Gasteiger partial charge in [0.25, 0.3) is 0 Å². The monoisotopic (exact) mass is 255 g/mol. The maximum atomic E-state index is 11.0. The van der Waals surface area contributed by atoms with Crippen molar-refractivity contribution in [3.8, 4) is 0 Å². The van der Waals surface area contributed by atoms with E-state index in [4.69, 9.17) is 5.11 Å². The Labute approximate surface area is 109 Å². The minimum absolute atomic E-state index is 0.418. The van der Waals surface area contributed by atoms with E-state index in [9.17, 15) is 4.79 Å². The predicted octanol–water partition coefficient (Wildman–Crippen LogP) is 0.218. The lowest BCUT2D eigenvalue weighted by Gasteiger charge is -2.42. The number of carboxylic acids is 1. The molecule has 0 amide bonds. The molecule has 2 rings (SSSR count). The lowest BCUT2D eigenvalue weighted by molar-refractivity contribution is -0.139. The highest BCUT2D eigenvalue weighted by Crippen LogP contribution is 2.24. The lowest BCUT2D eigenvalue weighted by atomic mass is 10.1. The first-order chi connectivity index (χ1) is 8.61. The van der Waals surface area contributed by atoms with E-state index in [1.54, 1.807) is 7.05 Å². The molecule has 3 unspecified atom stereocenters. The molecule has 2 heterocycles. The number of hydrogen-bond acceptors (Lipinski definition) is 4. The van der Waals surface area contributed by atoms with Crippen LogP contribution in [0.2, 0.25) is 0 Å². The Morgan fingerprint density at radius 3 is 2.94 bits per heavy atom. The van der Waals surface area contributed by atoms with Gasteiger partial charge in [0.05, 0.1) is 0 Å². The summed E-state index contributed by atoms with van der Waals surface area (Å²) in [5, 5.41) is 11.9. The Morgan fingerprint density at radius 1 is 1.50 bits per heavy atom. The van der Waals surface area contributed by atoms with Crippen molar-refractivity contribution in [1.82, 2.24) is 15.1 Å². The molecule has 0 aromatic carbocycles. The van der Waals surface area contributed by atoms with E-state index in [0.717, 1.165) is 19.6 Å². The van der Waals surface area contributed by atoms with Crippen molar-refractivity contribution in [3.05, 3.63) is 0 Å². The Kier molecular flexibility index (Phi) is 4.59. The van der Waals surface area contributed by atoms with Gasteiger partial charge in [0.15, 0.2) is 0 Å². The van der Waals surface area contributed by atoms with Crippen LogP contribution in [0.1, 0.15) is 26.2 Å². The maximum absolute atomic E-state index is 11.0. The van der Waals surface area contributed by atoms with Crippen LogP contribution in [0.15, 0.2) is 0 Å². The molecule has 5 nitrogen and oxygen atoms in total. The van der Waals surface area contributed by atoms with Crippen LogP contribution in [0, 0.1) is 0 Å². The van der Waals surface area contributed by atoms with E-state index < -0.39 is 12.0 Å². The van der Waals surface area contributed by atoms with Gasteiger partial charge < -0.3 is 10.4 Å². The highest BCUT2D eigenvalue weighted by Gasteiger charge is 2.34. The first kappa shape index (κ1) is 13.8. The molecule has 2 N–H and O–H groups in total. The van der Waals surface area contributed by atoms with Crippen LogP contribution in [0.5, 0.6) is 0 Å². The van der Waals surface area contributed by atoms with Crippen molar-refractivity contribution in [3.63, 3.8) is 0 Å². The average molecular weight is 255 g/mol. The van der Waals surface area contributed by atoms with Crippen LogP contribution >= 0.6 is 0 Å². The predicted molar refractivity (Wildman–Crippen MR) is 70.7 cm³/mol. The second-order valence-electron chi connectivity index (χ2n) is 5.60. The van der Waals surface area contributed by atoms with Gasteiger partial charge in [-0.3, -0.25) is 14.6 Å². The summed E-state index contributed by atoms with van der Waals surface area (Å²) < 4.78 is 0. The number of aliphatic carboxylic acids is 1. The number of fused-ring (bicyclic) bond motifs is 1. The Hall–Kier alpha value is -0.650. The van der Waals surface area contributed by atoms with Gasteiger partial charge in [-0.2, -0.15) is 0 Å². The second-order valence-corrected chi connectivity index (χ2v) is 5.60. The van der Waals surface area contributed by atoms with Crippen LogP contribution in [0.3, 0.4) is 0 Å². The largest absolute Gasteiger partial charge is 0.480 e. The van der Waals surface area contributed by atoms with Crippen molar-refractivity contribution in [2.45, 2.75) is 44.3 Å². The number of piperazine rings is 1. The molecule has 104 valence electrons. The number of carbonyl (C=O) groups is 1. The maximum Gasteiger partial charge on any atom is 0.320 e. The van der Waals surface area contributed by atoms with E-state index in [1.807, 2.05) is 0 Å². The number of nitrogens with one attached hydrogen (secondary N) is 1. The molecule has 0 aromatic rings. The topological polar surface area (TPSA) is 55.8 Å². The molecule has 0 aromatic heterocycles. The fourth-order valence-corrected chi connectivity index (χ4v) is 3.25. The van der Waals surface area contributed by atoms with Crippen LogP contribution in [-0.2, 0) is 4.79 Å². The number of nitrogens with zero attached hydrogens (tertiary/aromatic N) is 2. The zero-order valence-electron chi connectivity index (χ0n) is 11.4. The van der Waals surface area contributed by atoms with E-state index in [2.05, 4.69) is 22.0 Å². The molecule has 0 spiro atoms. The second kappa shape index (κ2) is 5.99. The summed E-state index contributed by atoms with van der Waals surface area (Å²) >= 11 is 0. The number of rotatable bonds is 5. The zero-order valence-corrected chi connectivity index (χ0v) is 11.4. The summed E-state index contributed by atoms with van der Waals surface area (Å²) in [4.78, 5) is 16.0. The third kappa shape index (κ3) is 3.02. The molecule has 18 heavy (non-hydrogen) atoms. The molecule has 2 fully saturated rings. The van der Waals surface area contributed by atoms with Gasteiger partial charge in [0.1, 0.15) is 6.04 Å². The summed E-state index contributed by atoms with van der Waals surface area (Å²) in [6.07, 6.45) is 3.31. The number of likely N-dealkylation sites (N-methyl/N-ethyl adjacent to an activating group) is 1. The fourth-order valence-electron chi connectivity index (χ4n) is 3.25. The first-order valence-electron chi connectivity index (χ1n) is 7.00. The Morgan fingerprint density at radius 2 is 2.28 bits per heavy atom. The van der Waals surface area contributed by atoms with Gasteiger partial charge in [-0.25, -0.2) is 0 Å². The molecular weight excluding hydrogens is 230 g/mol. The first-order valence-corrected chi connectivity index (χ1v) is 7.00. The van der Waals surface area contributed by atoms with Crippen LogP contribution in [0.4, 0.5) is 0 Å². The van der Waals surface area contributed by atoms with Crippen molar-refractivity contribution in [2.24, 2.45) is 0 Å². The van der Waals surface area contributed by atoms with Crippen LogP contribution < -0.4 is 5.32 Å². The molecule has 0 radical (unpaired) electrons. The Balaban J connectivity index is 1.83. The van der Waals surface area contributed by atoms with E-state index >= 15 is 0 Å². The Bertz CT molecular complexity index is 298. The zero-order chi connectivity index (χ0) is 13.1. The standard InChI is InChI=1S/C13H25N3O2/c1-10-8-16-6-3-4-11(16)9-15(10)7-5-12(14-2)13(17)18/h10-12,14H,3-9H2,1-2H3,(H,17,18). The molecule has 0 bridgehead atoms. The van der Waals surface area contributed by atoms with Crippen molar-refractivity contribution in [2.75, 3.05) is 33.2 Å². The summed E-state index contributed by atoms with van der Waals surface area (Å²) in [6, 6.07) is 0.837. The summed E-state index contributed by atoms with van der Waals surface area (Å²) in [7, 11) is 1.72. The smallest absolute Gasteiger partial charge is 0.320 e. The molecule has 5 heteroatoms. The number of hydrogen-bond donors (Lipinski definition) is 2. The molecule has 2 aliphatic heterocycles. The third-order valence-corrected chi connectivity index (χ3v) is 4.42. The lowest BCUT2D eigenvalue weighted by Crippen LogP contribution is -2.55. The fraction of sp³-hybridized carbons (Fsp3) is 0.923. The van der Waals surface area contributed by atoms with Gasteiger partial charge in [-0.1, -0.05) is 0 Å². The van der Waals surface area contributed by atoms with Gasteiger partial charge in [-0.05, 0) is 39.8 Å². The minimum Gasteiger partial charge on any atom is -0.480 e. The third-order valence-electron chi connectivity index (χ3n) is 4.42. The quantitative estimate of drug-likeness (QED) is 0.736. The highest BCUT2D eigenvalue weighted by molar-refractivity contribution is 5.73. The molecule has 2 aliphatic rings. The van der Waals surface area contributed by atoms with Crippen LogP contribution in [0.25, 0.3) is 0 Å². The highest BCUT2D eigenvalue weighted by atomic mass is 16.4. The van der Waals surface area contributed by atoms with E-state index in [0.29, 0.717) is 18.5 Å². The van der Waals surface area contributed by atoms with Gasteiger partial charge in [0.2, 0.25) is 0 Å². The number of carboxylic acid groups (broad SMARTS) is 1. The normalized spacial score (nSPS) is 31.2. The van der Waals surface area contributed by atoms with Gasteiger partial charge in [-0.15, -0.1) is 0 Å². The molecule has 2 saturated heterocycles. The summed E-state index contributed by atoms with van der Waals surface area (Å²) in [5.74, 6) is -0.746. The van der Waals surface area contributed by atoms with Crippen molar-refractivity contribution >= 4 is 5.97 Å². The van der Waals surface area contributed by atoms with Gasteiger partial charge in [0, 0.05) is 31.7 Å². The molecule has 3 atom stereocenters. The summed E-state index contributed by atoms with van der Waals surface area (Å²) in [6.45, 7) is 6.63. The minimum atomic E-state index is -0.746. The van der Waals surface area contributed by atoms with Crippen molar-refractivity contribution in [1.29, 1.82) is 0 Å². The average Bonchev–Trinajstić information content (AvgIpc) is 2.76. The van der Waals surface area contributed by atoms with E-state index in [-0.39, 0.29) is 0 Å². The van der Waals surface area contributed by atoms with E-state index in [1.165, 1.54) is 19.4 Å². The van der Waals surface area contributed by atoms with Gasteiger partial charge >= 0.3 is 5.97 Å².